The van der Waals surface area contributed by atoms with Crippen molar-refractivity contribution < 1.29 is 0 Å². The molecule has 16 heavy (non-hydrogen) atoms. The molecule has 0 bridgehead atoms. The molecule has 3 aromatic rings. The lowest BCUT2D eigenvalue weighted by Gasteiger charge is -2.00. The first-order chi connectivity index (χ1) is 7.83. The van der Waals surface area contributed by atoms with Crippen LogP contribution in [-0.4, -0.2) is 15.0 Å². The Morgan fingerprint density at radius 2 is 1.94 bits per heavy atom. The summed E-state index contributed by atoms with van der Waals surface area (Å²) in [5.41, 5.74) is 8.40. The molecule has 4 heteroatoms. The number of imidazole rings is 1. The van der Waals surface area contributed by atoms with E-state index in [9.17, 15) is 0 Å². The largest absolute Gasteiger partial charge is 0.369 e. The fraction of sp³-hybridized carbons (Fsp3) is 0. The van der Waals surface area contributed by atoms with Gasteiger partial charge in [-0.25, -0.2) is 4.98 Å². The smallest absolute Gasteiger partial charge is 0.197 e. The Bertz CT molecular complexity index is 642. The van der Waals surface area contributed by atoms with Crippen LogP contribution in [-0.2, 0) is 0 Å². The first-order valence-electron chi connectivity index (χ1n) is 4.98. The second kappa shape index (κ2) is 3.34. The zero-order valence-electron chi connectivity index (χ0n) is 8.51. The number of anilines is 1. The van der Waals surface area contributed by atoms with Crippen LogP contribution in [0.1, 0.15) is 0 Å². The number of hydrogen-bond acceptors (Lipinski definition) is 3. The van der Waals surface area contributed by atoms with Crippen LogP contribution < -0.4 is 5.73 Å². The number of nitrogen functional groups attached to an aromatic ring is 1. The van der Waals surface area contributed by atoms with Gasteiger partial charge in [0.25, 0.3) is 0 Å². The molecule has 2 aromatic heterocycles. The number of aromatic nitrogens is 3. The van der Waals surface area contributed by atoms with Crippen LogP contribution in [0.25, 0.3) is 22.2 Å². The fourth-order valence-corrected chi connectivity index (χ4v) is 1.70. The maximum Gasteiger partial charge on any atom is 0.197 e. The highest BCUT2D eigenvalue weighted by molar-refractivity contribution is 5.82. The average Bonchev–Trinajstić information content (AvgIpc) is 2.75. The third kappa shape index (κ3) is 1.40. The Balaban J connectivity index is 2.18. The van der Waals surface area contributed by atoms with Gasteiger partial charge in [0.1, 0.15) is 0 Å². The van der Waals surface area contributed by atoms with Gasteiger partial charge >= 0.3 is 0 Å². The van der Waals surface area contributed by atoms with Crippen molar-refractivity contribution >= 4 is 16.9 Å². The Morgan fingerprint density at radius 3 is 2.75 bits per heavy atom. The van der Waals surface area contributed by atoms with Crippen LogP contribution in [0.4, 0.5) is 5.95 Å². The molecule has 0 radical (unpaired) electrons. The topological polar surface area (TPSA) is 67.6 Å². The average molecular weight is 210 g/mol. The molecule has 0 aliphatic rings. The molecular formula is C12H10N4. The molecule has 3 rings (SSSR count). The second-order valence-electron chi connectivity index (χ2n) is 3.60. The number of nitrogens with zero attached hydrogens (tertiary/aromatic N) is 2. The van der Waals surface area contributed by atoms with Crippen molar-refractivity contribution in [2.75, 3.05) is 5.73 Å². The molecule has 0 spiro atoms. The molecule has 0 fully saturated rings. The zero-order chi connectivity index (χ0) is 11.0. The summed E-state index contributed by atoms with van der Waals surface area (Å²) in [6.07, 6.45) is 3.52. The molecule has 0 aliphatic heterocycles. The van der Waals surface area contributed by atoms with E-state index < -0.39 is 0 Å². The minimum Gasteiger partial charge on any atom is -0.369 e. The first-order valence-corrected chi connectivity index (χ1v) is 4.98. The molecule has 0 aliphatic carbocycles. The SMILES string of the molecule is Nc1ncc(-c2cnc3ccccc3c2)[nH]1. The van der Waals surface area contributed by atoms with E-state index in [0.29, 0.717) is 5.95 Å². The van der Waals surface area contributed by atoms with E-state index in [1.165, 1.54) is 0 Å². The van der Waals surface area contributed by atoms with E-state index in [1.54, 1.807) is 6.20 Å². The summed E-state index contributed by atoms with van der Waals surface area (Å²) in [6.45, 7) is 0. The maximum atomic E-state index is 5.54. The molecule has 3 N–H and O–H groups in total. The predicted molar refractivity (Wildman–Crippen MR) is 63.7 cm³/mol. The summed E-state index contributed by atoms with van der Waals surface area (Å²) in [6, 6.07) is 10.1. The van der Waals surface area contributed by atoms with Crippen LogP contribution in [0, 0.1) is 0 Å². The van der Waals surface area contributed by atoms with Crippen molar-refractivity contribution in [2.24, 2.45) is 0 Å². The lowest BCUT2D eigenvalue weighted by atomic mass is 10.1. The van der Waals surface area contributed by atoms with Crippen molar-refractivity contribution in [1.82, 2.24) is 15.0 Å². The molecule has 0 amide bonds. The molecule has 1 aromatic carbocycles. The summed E-state index contributed by atoms with van der Waals surface area (Å²) in [5.74, 6) is 0.420. The summed E-state index contributed by atoms with van der Waals surface area (Å²) in [5, 5.41) is 1.10. The Labute approximate surface area is 92.2 Å². The van der Waals surface area contributed by atoms with Crippen molar-refractivity contribution in [3.8, 4) is 11.3 Å². The third-order valence-corrected chi connectivity index (χ3v) is 2.50. The highest BCUT2D eigenvalue weighted by Crippen LogP contribution is 2.21. The normalized spacial score (nSPS) is 10.8. The van der Waals surface area contributed by atoms with Gasteiger partial charge < -0.3 is 10.7 Å². The van der Waals surface area contributed by atoms with Crippen LogP contribution in [0.5, 0.6) is 0 Å². The highest BCUT2D eigenvalue weighted by Gasteiger charge is 2.02. The molecular weight excluding hydrogens is 200 g/mol. The van der Waals surface area contributed by atoms with Gasteiger partial charge in [0.2, 0.25) is 0 Å². The third-order valence-electron chi connectivity index (χ3n) is 2.50. The minimum atomic E-state index is 0.420. The van der Waals surface area contributed by atoms with Gasteiger partial charge in [-0.2, -0.15) is 0 Å². The van der Waals surface area contributed by atoms with Gasteiger partial charge in [-0.15, -0.1) is 0 Å². The van der Waals surface area contributed by atoms with Gasteiger partial charge in [-0.1, -0.05) is 18.2 Å². The van der Waals surface area contributed by atoms with Crippen LogP contribution >= 0.6 is 0 Å². The van der Waals surface area contributed by atoms with E-state index >= 15 is 0 Å². The summed E-state index contributed by atoms with van der Waals surface area (Å²) >= 11 is 0. The molecule has 0 atom stereocenters. The maximum absolute atomic E-state index is 5.54. The zero-order valence-corrected chi connectivity index (χ0v) is 8.51. The van der Waals surface area contributed by atoms with Crippen molar-refractivity contribution in [3.63, 3.8) is 0 Å². The van der Waals surface area contributed by atoms with E-state index in [1.807, 2.05) is 30.5 Å². The lowest BCUT2D eigenvalue weighted by Crippen LogP contribution is -1.86. The number of hydrogen-bond donors (Lipinski definition) is 2. The summed E-state index contributed by atoms with van der Waals surface area (Å²) in [7, 11) is 0. The monoisotopic (exact) mass is 210 g/mol. The molecule has 78 valence electrons. The van der Waals surface area contributed by atoms with Gasteiger partial charge in [0.05, 0.1) is 17.4 Å². The number of para-hydroxylation sites is 1. The number of rotatable bonds is 1. The Kier molecular flexibility index (Phi) is 1.86. The van der Waals surface area contributed by atoms with Crippen molar-refractivity contribution in [1.29, 1.82) is 0 Å². The molecule has 2 heterocycles. The standard InChI is InChI=1S/C12H10N4/c13-12-15-7-11(16-12)9-5-8-3-1-2-4-10(8)14-6-9/h1-7H,(H3,13,15,16). The Hall–Kier alpha value is -2.36. The number of nitrogens with one attached hydrogen (secondary N) is 1. The van der Waals surface area contributed by atoms with E-state index in [4.69, 9.17) is 5.73 Å². The quantitative estimate of drug-likeness (QED) is 0.647. The minimum absolute atomic E-state index is 0.420. The molecule has 0 saturated carbocycles. The first kappa shape index (κ1) is 8.91. The highest BCUT2D eigenvalue weighted by atomic mass is 15.0. The number of pyridine rings is 1. The van der Waals surface area contributed by atoms with Gasteiger partial charge in [-0.3, -0.25) is 4.98 Å². The van der Waals surface area contributed by atoms with Gasteiger partial charge in [-0.05, 0) is 12.1 Å². The van der Waals surface area contributed by atoms with Gasteiger partial charge in [0.15, 0.2) is 5.95 Å². The fourth-order valence-electron chi connectivity index (χ4n) is 1.70. The number of fused-ring (bicyclic) bond motifs is 1. The summed E-state index contributed by atoms with van der Waals surface area (Å²) in [4.78, 5) is 11.3. The lowest BCUT2D eigenvalue weighted by molar-refractivity contribution is 1.32. The molecule has 0 unspecified atom stereocenters. The molecule has 0 saturated heterocycles. The van der Waals surface area contributed by atoms with Crippen molar-refractivity contribution in [3.05, 3.63) is 42.7 Å². The van der Waals surface area contributed by atoms with Crippen LogP contribution in [0.3, 0.4) is 0 Å². The number of benzene rings is 1. The number of H-pyrrole nitrogens is 1. The predicted octanol–water partition coefficient (Wildman–Crippen LogP) is 2.21. The number of nitrogens with two attached hydrogens (primary N) is 1. The Morgan fingerprint density at radius 1 is 1.06 bits per heavy atom. The van der Waals surface area contributed by atoms with Crippen molar-refractivity contribution in [2.45, 2.75) is 0 Å². The van der Waals surface area contributed by atoms with Gasteiger partial charge in [0, 0.05) is 17.1 Å². The summed E-state index contributed by atoms with van der Waals surface area (Å²) < 4.78 is 0. The van der Waals surface area contributed by atoms with E-state index in [2.05, 4.69) is 21.0 Å². The van der Waals surface area contributed by atoms with Crippen LogP contribution in [0.2, 0.25) is 0 Å². The van der Waals surface area contributed by atoms with E-state index in [-0.39, 0.29) is 0 Å². The molecule has 4 nitrogen and oxygen atoms in total. The van der Waals surface area contributed by atoms with E-state index in [0.717, 1.165) is 22.2 Å². The second-order valence-corrected chi connectivity index (χ2v) is 3.60. The van der Waals surface area contributed by atoms with Crippen LogP contribution in [0.15, 0.2) is 42.7 Å². The number of aromatic amines is 1.